The molecule has 1 atom stereocenters. The Kier molecular flexibility index (Phi) is 8.11. The fourth-order valence-corrected chi connectivity index (χ4v) is 5.34. The lowest BCUT2D eigenvalue weighted by Crippen LogP contribution is -2.31. The van der Waals surface area contributed by atoms with E-state index in [1.54, 1.807) is 23.6 Å². The van der Waals surface area contributed by atoms with Crippen molar-refractivity contribution in [3.05, 3.63) is 100 Å². The van der Waals surface area contributed by atoms with Crippen LogP contribution in [0, 0.1) is 13.8 Å². The van der Waals surface area contributed by atoms with E-state index in [0.717, 1.165) is 28.1 Å². The van der Waals surface area contributed by atoms with Gasteiger partial charge in [0.2, 0.25) is 11.1 Å². The predicted molar refractivity (Wildman–Crippen MR) is 159 cm³/mol. The summed E-state index contributed by atoms with van der Waals surface area (Å²) in [4.78, 5) is 18.5. The van der Waals surface area contributed by atoms with Gasteiger partial charge in [-0.05, 0) is 67.5 Å². The molecule has 1 unspecified atom stereocenters. The minimum atomic E-state index is -0.528. The monoisotopic (exact) mass is 555 g/mol. The van der Waals surface area contributed by atoms with Crippen LogP contribution in [0.25, 0.3) is 0 Å². The second-order valence-corrected chi connectivity index (χ2v) is 10.9. The number of thioether (sulfide) groups is 1. The van der Waals surface area contributed by atoms with Crippen LogP contribution in [0.1, 0.15) is 42.1 Å². The van der Waals surface area contributed by atoms with E-state index in [1.165, 1.54) is 5.56 Å². The number of anilines is 2. The molecule has 3 aromatic carbocycles. The Balaban J connectivity index is 1.51. The molecule has 0 aliphatic carbocycles. The number of allylic oxidation sites excluding steroid dienone is 1. The van der Waals surface area contributed by atoms with Crippen molar-refractivity contribution in [3.8, 4) is 11.5 Å². The van der Waals surface area contributed by atoms with Gasteiger partial charge in [0.25, 0.3) is 5.91 Å². The van der Waals surface area contributed by atoms with E-state index in [-0.39, 0.29) is 5.91 Å². The number of benzene rings is 3. The third-order valence-corrected chi connectivity index (χ3v) is 7.33. The molecule has 8 nitrogen and oxygen atoms in total. The number of ether oxygens (including phenoxy) is 2. The van der Waals surface area contributed by atoms with Crippen LogP contribution in [0.5, 0.6) is 11.5 Å². The number of methoxy groups -OCH3 is 1. The minimum Gasteiger partial charge on any atom is -0.493 e. The van der Waals surface area contributed by atoms with E-state index in [1.807, 2.05) is 68.4 Å². The SMILES string of the molecule is CCSc1nc2n(n1)C(c1ccc(OCc3cccc(C)c3)c(OC)c1)C(C(=O)Nc1cccc(C)c1)=C(C)N2. The highest BCUT2D eigenvalue weighted by Crippen LogP contribution is 2.40. The lowest BCUT2D eigenvalue weighted by atomic mass is 9.94. The van der Waals surface area contributed by atoms with Gasteiger partial charge in [-0.15, -0.1) is 5.10 Å². The van der Waals surface area contributed by atoms with Gasteiger partial charge in [-0.25, -0.2) is 4.68 Å². The average Bonchev–Trinajstić information content (AvgIpc) is 3.33. The molecule has 0 bridgehead atoms. The van der Waals surface area contributed by atoms with Crippen molar-refractivity contribution in [3.63, 3.8) is 0 Å². The van der Waals surface area contributed by atoms with Crippen molar-refractivity contribution in [1.82, 2.24) is 14.8 Å². The van der Waals surface area contributed by atoms with E-state index >= 15 is 0 Å². The summed E-state index contributed by atoms with van der Waals surface area (Å²) in [6.45, 7) is 8.41. The highest BCUT2D eigenvalue weighted by molar-refractivity contribution is 7.99. The summed E-state index contributed by atoms with van der Waals surface area (Å²) in [6, 6.07) is 21.2. The Bertz CT molecular complexity index is 1580. The molecule has 5 rings (SSSR count). The van der Waals surface area contributed by atoms with Gasteiger partial charge in [0.05, 0.1) is 12.7 Å². The summed E-state index contributed by atoms with van der Waals surface area (Å²) in [5.41, 5.74) is 6.13. The van der Waals surface area contributed by atoms with Gasteiger partial charge in [0.15, 0.2) is 11.5 Å². The summed E-state index contributed by atoms with van der Waals surface area (Å²) in [7, 11) is 1.62. The largest absolute Gasteiger partial charge is 0.493 e. The third-order valence-electron chi connectivity index (χ3n) is 6.61. The first-order chi connectivity index (χ1) is 19.4. The molecule has 4 aromatic rings. The number of hydrogen-bond acceptors (Lipinski definition) is 7. The van der Waals surface area contributed by atoms with Crippen LogP contribution in [0.4, 0.5) is 11.6 Å². The molecule has 0 spiro atoms. The highest BCUT2D eigenvalue weighted by atomic mass is 32.2. The summed E-state index contributed by atoms with van der Waals surface area (Å²) in [6.07, 6.45) is 0. The molecule has 1 aliphatic rings. The van der Waals surface area contributed by atoms with Crippen LogP contribution in [0.15, 0.2) is 83.2 Å². The van der Waals surface area contributed by atoms with E-state index in [0.29, 0.717) is 40.5 Å². The molecule has 9 heteroatoms. The lowest BCUT2D eigenvalue weighted by Gasteiger charge is -2.29. The van der Waals surface area contributed by atoms with E-state index < -0.39 is 6.04 Å². The van der Waals surface area contributed by atoms with Gasteiger partial charge in [-0.2, -0.15) is 4.98 Å². The molecule has 0 radical (unpaired) electrons. The van der Waals surface area contributed by atoms with Crippen molar-refractivity contribution in [1.29, 1.82) is 0 Å². The van der Waals surface area contributed by atoms with Gasteiger partial charge in [-0.1, -0.05) is 66.7 Å². The van der Waals surface area contributed by atoms with Crippen LogP contribution < -0.4 is 20.1 Å². The van der Waals surface area contributed by atoms with Gasteiger partial charge < -0.3 is 20.1 Å². The number of carbonyl (C=O) groups is 1. The molecule has 0 saturated carbocycles. The fourth-order valence-electron chi connectivity index (χ4n) is 4.78. The summed E-state index contributed by atoms with van der Waals surface area (Å²) < 4.78 is 13.7. The second kappa shape index (κ2) is 11.9. The highest BCUT2D eigenvalue weighted by Gasteiger charge is 2.35. The van der Waals surface area contributed by atoms with E-state index in [2.05, 4.69) is 41.6 Å². The Hall–Kier alpha value is -4.24. The number of aryl methyl sites for hydroxylation is 2. The molecule has 40 heavy (non-hydrogen) atoms. The molecule has 2 N–H and O–H groups in total. The van der Waals surface area contributed by atoms with Crippen LogP contribution in [0.3, 0.4) is 0 Å². The van der Waals surface area contributed by atoms with Crippen LogP contribution >= 0.6 is 11.8 Å². The van der Waals surface area contributed by atoms with Gasteiger partial charge >= 0.3 is 0 Å². The number of carbonyl (C=O) groups excluding carboxylic acids is 1. The molecule has 1 amide bonds. The van der Waals surface area contributed by atoms with Gasteiger partial charge in [-0.3, -0.25) is 4.79 Å². The third kappa shape index (κ3) is 5.84. The predicted octanol–water partition coefficient (Wildman–Crippen LogP) is 6.52. The average molecular weight is 556 g/mol. The molecule has 2 heterocycles. The van der Waals surface area contributed by atoms with Crippen molar-refractivity contribution in [2.24, 2.45) is 0 Å². The van der Waals surface area contributed by atoms with Crippen molar-refractivity contribution in [2.75, 3.05) is 23.5 Å². The van der Waals surface area contributed by atoms with Crippen molar-refractivity contribution < 1.29 is 14.3 Å². The maximum absolute atomic E-state index is 13.8. The Labute approximate surface area is 238 Å². The van der Waals surface area contributed by atoms with Crippen molar-refractivity contribution in [2.45, 2.75) is 45.5 Å². The summed E-state index contributed by atoms with van der Waals surface area (Å²) in [5, 5.41) is 11.8. The minimum absolute atomic E-state index is 0.217. The second-order valence-electron chi connectivity index (χ2n) is 9.67. The van der Waals surface area contributed by atoms with Crippen LogP contribution in [0.2, 0.25) is 0 Å². The molecule has 0 fully saturated rings. The maximum Gasteiger partial charge on any atom is 0.255 e. The normalized spacial score (nSPS) is 14.4. The molecule has 1 aliphatic heterocycles. The summed E-state index contributed by atoms with van der Waals surface area (Å²) >= 11 is 1.55. The number of rotatable bonds is 9. The van der Waals surface area contributed by atoms with Crippen LogP contribution in [-0.4, -0.2) is 33.5 Å². The van der Waals surface area contributed by atoms with Gasteiger partial charge in [0, 0.05) is 11.4 Å². The zero-order valence-electron chi connectivity index (χ0n) is 23.3. The molecule has 206 valence electrons. The van der Waals surface area contributed by atoms with Crippen molar-refractivity contribution >= 4 is 29.3 Å². The quantitative estimate of drug-likeness (QED) is 0.227. The number of amides is 1. The molecular formula is C31H33N5O3S. The maximum atomic E-state index is 13.8. The number of nitrogens with zero attached hydrogens (tertiary/aromatic N) is 3. The topological polar surface area (TPSA) is 90.3 Å². The zero-order chi connectivity index (χ0) is 28.2. The van der Waals surface area contributed by atoms with Gasteiger partial charge in [0.1, 0.15) is 12.6 Å². The first-order valence-corrected chi connectivity index (χ1v) is 14.2. The zero-order valence-corrected chi connectivity index (χ0v) is 24.1. The number of aromatic nitrogens is 3. The Morgan fingerprint density at radius 3 is 2.52 bits per heavy atom. The molecular weight excluding hydrogens is 522 g/mol. The Morgan fingerprint density at radius 1 is 1.02 bits per heavy atom. The van der Waals surface area contributed by atoms with E-state index in [9.17, 15) is 4.79 Å². The van der Waals surface area contributed by atoms with Crippen LogP contribution in [-0.2, 0) is 11.4 Å². The molecule has 0 saturated heterocycles. The molecule has 1 aromatic heterocycles. The smallest absolute Gasteiger partial charge is 0.255 e. The standard InChI is InChI=1S/C31H33N5O3S/c1-6-40-31-34-30-32-21(4)27(29(37)33-24-12-8-10-20(3)16-24)28(36(30)35-31)23-13-14-25(26(17-23)38-5)39-18-22-11-7-9-19(2)15-22/h7-17,28H,6,18H2,1-5H3,(H,33,37)(H,32,34,35). The number of nitrogens with one attached hydrogen (secondary N) is 2. The number of fused-ring (bicyclic) bond motifs is 1. The first kappa shape index (κ1) is 27.3. The summed E-state index contributed by atoms with van der Waals surface area (Å²) in [5.74, 6) is 2.40. The fraction of sp³-hybridized carbons (Fsp3) is 0.258. The first-order valence-electron chi connectivity index (χ1n) is 13.2. The lowest BCUT2D eigenvalue weighted by molar-refractivity contribution is -0.113. The number of hydrogen-bond donors (Lipinski definition) is 2. The Morgan fingerprint density at radius 2 is 1.80 bits per heavy atom. The van der Waals surface area contributed by atoms with E-state index in [4.69, 9.17) is 14.6 Å².